The standard InChI is InChI=1S/C16H14Cl2O3S/c1-21-15(19)8-5-12(10-3-2-4-11(17)9-10)16(20)13-6-7-14(18)22-13/h2-4,6-7,9,12H,5,8H2,1H3. The fraction of sp³-hybridized carbons (Fsp3) is 0.250. The molecule has 0 aliphatic heterocycles. The lowest BCUT2D eigenvalue weighted by atomic mass is 9.89. The number of hydrogen-bond donors (Lipinski definition) is 0. The highest BCUT2D eigenvalue weighted by Crippen LogP contribution is 2.31. The predicted molar refractivity (Wildman–Crippen MR) is 89.1 cm³/mol. The molecular formula is C16H14Cl2O3S. The van der Waals surface area contributed by atoms with Crippen LogP contribution in [0.2, 0.25) is 9.36 Å². The van der Waals surface area contributed by atoms with Crippen molar-refractivity contribution >= 4 is 46.3 Å². The molecule has 1 unspecified atom stereocenters. The van der Waals surface area contributed by atoms with Crippen molar-refractivity contribution in [2.45, 2.75) is 18.8 Å². The highest BCUT2D eigenvalue weighted by Gasteiger charge is 2.24. The van der Waals surface area contributed by atoms with Crippen LogP contribution in [0.4, 0.5) is 0 Å². The summed E-state index contributed by atoms with van der Waals surface area (Å²) in [5.74, 6) is -0.861. The van der Waals surface area contributed by atoms with Gasteiger partial charge in [0, 0.05) is 17.4 Å². The van der Waals surface area contributed by atoms with Gasteiger partial charge in [0.15, 0.2) is 5.78 Å². The molecule has 0 saturated heterocycles. The fourth-order valence-electron chi connectivity index (χ4n) is 2.16. The van der Waals surface area contributed by atoms with Gasteiger partial charge in [-0.1, -0.05) is 35.3 Å². The van der Waals surface area contributed by atoms with E-state index in [-0.39, 0.29) is 18.2 Å². The average Bonchev–Trinajstić information content (AvgIpc) is 2.93. The number of Topliss-reactive ketones (excluding diaryl/α,β-unsaturated/α-hetero) is 1. The van der Waals surface area contributed by atoms with Crippen LogP contribution in [0.25, 0.3) is 0 Å². The molecule has 1 aromatic carbocycles. The Hall–Kier alpha value is -1.36. The van der Waals surface area contributed by atoms with Crippen LogP contribution in [-0.4, -0.2) is 18.9 Å². The van der Waals surface area contributed by atoms with E-state index in [0.717, 1.165) is 5.56 Å². The highest BCUT2D eigenvalue weighted by atomic mass is 35.5. The van der Waals surface area contributed by atoms with Gasteiger partial charge in [0.05, 0.1) is 16.3 Å². The largest absolute Gasteiger partial charge is 0.469 e. The molecule has 2 aromatic rings. The lowest BCUT2D eigenvalue weighted by Crippen LogP contribution is -2.14. The Balaban J connectivity index is 2.28. The summed E-state index contributed by atoms with van der Waals surface area (Å²) in [6.45, 7) is 0. The number of hydrogen-bond acceptors (Lipinski definition) is 4. The van der Waals surface area contributed by atoms with Gasteiger partial charge in [-0.05, 0) is 36.2 Å². The topological polar surface area (TPSA) is 43.4 Å². The Morgan fingerprint density at radius 1 is 1.23 bits per heavy atom. The summed E-state index contributed by atoms with van der Waals surface area (Å²) >= 11 is 13.1. The zero-order valence-electron chi connectivity index (χ0n) is 11.8. The van der Waals surface area contributed by atoms with Crippen LogP contribution >= 0.6 is 34.5 Å². The van der Waals surface area contributed by atoms with Crippen LogP contribution in [0.15, 0.2) is 36.4 Å². The van der Waals surface area contributed by atoms with Gasteiger partial charge in [-0.15, -0.1) is 11.3 Å². The highest BCUT2D eigenvalue weighted by molar-refractivity contribution is 7.18. The smallest absolute Gasteiger partial charge is 0.305 e. The van der Waals surface area contributed by atoms with Gasteiger partial charge in [0.1, 0.15) is 0 Å². The molecule has 1 heterocycles. The predicted octanol–water partition coefficient (Wildman–Crippen LogP) is 4.97. The van der Waals surface area contributed by atoms with Crippen molar-refractivity contribution in [3.63, 3.8) is 0 Å². The second-order valence-electron chi connectivity index (χ2n) is 4.69. The molecule has 0 N–H and O–H groups in total. The molecule has 6 heteroatoms. The summed E-state index contributed by atoms with van der Waals surface area (Å²) in [7, 11) is 1.33. The maximum Gasteiger partial charge on any atom is 0.305 e. The molecule has 1 atom stereocenters. The average molecular weight is 357 g/mol. The van der Waals surface area contributed by atoms with Gasteiger partial charge >= 0.3 is 5.97 Å². The van der Waals surface area contributed by atoms with Crippen LogP contribution in [0.3, 0.4) is 0 Å². The summed E-state index contributed by atoms with van der Waals surface area (Å²) < 4.78 is 5.21. The number of thiophene rings is 1. The fourth-order valence-corrected chi connectivity index (χ4v) is 3.39. The number of esters is 1. The van der Waals surface area contributed by atoms with Crippen molar-refractivity contribution in [3.8, 4) is 0 Å². The number of ketones is 1. The van der Waals surface area contributed by atoms with Gasteiger partial charge in [-0.3, -0.25) is 9.59 Å². The maximum absolute atomic E-state index is 12.7. The van der Waals surface area contributed by atoms with Crippen molar-refractivity contribution in [1.82, 2.24) is 0 Å². The number of halogens is 2. The van der Waals surface area contributed by atoms with Gasteiger partial charge in [0.25, 0.3) is 0 Å². The second-order valence-corrected chi connectivity index (χ2v) is 6.84. The molecule has 3 nitrogen and oxygen atoms in total. The molecule has 0 aliphatic carbocycles. The molecule has 116 valence electrons. The SMILES string of the molecule is COC(=O)CCC(C(=O)c1ccc(Cl)s1)c1cccc(Cl)c1. The molecule has 0 spiro atoms. The Morgan fingerprint density at radius 2 is 2.00 bits per heavy atom. The van der Waals surface area contributed by atoms with E-state index in [9.17, 15) is 9.59 Å². The van der Waals surface area contributed by atoms with Crippen LogP contribution in [-0.2, 0) is 9.53 Å². The van der Waals surface area contributed by atoms with Gasteiger partial charge in [-0.2, -0.15) is 0 Å². The maximum atomic E-state index is 12.7. The summed E-state index contributed by atoms with van der Waals surface area (Å²) in [6.07, 6.45) is 0.528. The zero-order valence-corrected chi connectivity index (χ0v) is 14.2. The Morgan fingerprint density at radius 3 is 2.59 bits per heavy atom. The van der Waals surface area contributed by atoms with Crippen LogP contribution < -0.4 is 0 Å². The van der Waals surface area contributed by atoms with Gasteiger partial charge in [-0.25, -0.2) is 0 Å². The molecule has 0 radical (unpaired) electrons. The minimum absolute atomic E-state index is 0.0666. The quantitative estimate of drug-likeness (QED) is 0.541. The number of methoxy groups -OCH3 is 1. The first-order chi connectivity index (χ1) is 10.5. The Bertz CT molecular complexity index is 682. The van der Waals surface area contributed by atoms with Gasteiger partial charge in [0.2, 0.25) is 0 Å². The van der Waals surface area contributed by atoms with Crippen molar-refractivity contribution in [2.75, 3.05) is 7.11 Å². The summed E-state index contributed by atoms with van der Waals surface area (Å²) in [4.78, 5) is 24.7. The van der Waals surface area contributed by atoms with E-state index in [1.165, 1.54) is 18.4 Å². The van der Waals surface area contributed by atoms with E-state index in [0.29, 0.717) is 20.7 Å². The molecule has 0 aliphatic rings. The molecule has 0 fully saturated rings. The summed E-state index contributed by atoms with van der Waals surface area (Å²) in [5, 5.41) is 0.553. The molecule has 2 rings (SSSR count). The van der Waals surface area contributed by atoms with Crippen molar-refractivity contribution in [3.05, 3.63) is 56.2 Å². The first-order valence-corrected chi connectivity index (χ1v) is 8.20. The third-order valence-electron chi connectivity index (χ3n) is 3.25. The lowest BCUT2D eigenvalue weighted by Gasteiger charge is -2.15. The van der Waals surface area contributed by atoms with E-state index >= 15 is 0 Å². The van der Waals surface area contributed by atoms with Crippen LogP contribution in [0.1, 0.15) is 34.0 Å². The monoisotopic (exact) mass is 356 g/mol. The Kier molecular flexibility index (Phi) is 6.00. The molecule has 0 saturated carbocycles. The Labute approximate surface area is 142 Å². The number of rotatable bonds is 6. The van der Waals surface area contributed by atoms with Gasteiger partial charge < -0.3 is 4.74 Å². The normalized spacial score (nSPS) is 12.0. The van der Waals surface area contributed by atoms with Crippen molar-refractivity contribution < 1.29 is 14.3 Å². The summed E-state index contributed by atoms with van der Waals surface area (Å²) in [6, 6.07) is 10.5. The van der Waals surface area contributed by atoms with Crippen LogP contribution in [0, 0.1) is 0 Å². The number of carbonyl (C=O) groups is 2. The van der Waals surface area contributed by atoms with E-state index in [1.54, 1.807) is 30.3 Å². The minimum Gasteiger partial charge on any atom is -0.469 e. The molecular weight excluding hydrogens is 343 g/mol. The molecule has 0 bridgehead atoms. The van der Waals surface area contributed by atoms with E-state index in [4.69, 9.17) is 23.2 Å². The second kappa shape index (κ2) is 7.77. The first kappa shape index (κ1) is 17.0. The molecule has 0 amide bonds. The molecule has 22 heavy (non-hydrogen) atoms. The third kappa shape index (κ3) is 4.32. The summed E-state index contributed by atoms with van der Waals surface area (Å²) in [5.41, 5.74) is 0.783. The molecule has 1 aromatic heterocycles. The van der Waals surface area contributed by atoms with E-state index in [1.807, 2.05) is 6.07 Å². The van der Waals surface area contributed by atoms with E-state index in [2.05, 4.69) is 4.74 Å². The van der Waals surface area contributed by atoms with Crippen molar-refractivity contribution in [2.24, 2.45) is 0 Å². The lowest BCUT2D eigenvalue weighted by molar-refractivity contribution is -0.140. The first-order valence-electron chi connectivity index (χ1n) is 6.63. The number of carbonyl (C=O) groups excluding carboxylic acids is 2. The zero-order chi connectivity index (χ0) is 16.1. The van der Waals surface area contributed by atoms with Crippen molar-refractivity contribution in [1.29, 1.82) is 0 Å². The minimum atomic E-state index is -0.451. The van der Waals surface area contributed by atoms with Crippen LogP contribution in [0.5, 0.6) is 0 Å². The number of benzene rings is 1. The third-order valence-corrected chi connectivity index (χ3v) is 4.73. The number of ether oxygens (including phenoxy) is 1. The van der Waals surface area contributed by atoms with E-state index < -0.39 is 5.92 Å².